The van der Waals surface area contributed by atoms with Crippen molar-refractivity contribution >= 4 is 0 Å². The van der Waals surface area contributed by atoms with Crippen molar-refractivity contribution in [1.82, 2.24) is 5.32 Å². The Hall–Kier alpha value is -1.60. The summed E-state index contributed by atoms with van der Waals surface area (Å²) in [5.74, 6) is 0. The average Bonchev–Trinajstić information content (AvgIpc) is 2.44. The molecule has 0 bridgehead atoms. The monoisotopic (exact) mass is 281 g/mol. The SMILES string of the molecule is CCCNC(c1ccc(C)cc1C)c1cc(C)ccc1C. The predicted molar refractivity (Wildman–Crippen MR) is 92.0 cm³/mol. The topological polar surface area (TPSA) is 12.0 Å². The molecule has 2 rings (SSSR count). The molecule has 0 aliphatic heterocycles. The molecule has 0 amide bonds. The second-order valence-electron chi connectivity index (χ2n) is 6.11. The van der Waals surface area contributed by atoms with E-state index in [-0.39, 0.29) is 6.04 Å². The summed E-state index contributed by atoms with van der Waals surface area (Å²) in [6.45, 7) is 12.0. The molecule has 0 aliphatic rings. The van der Waals surface area contributed by atoms with Crippen LogP contribution in [-0.4, -0.2) is 6.54 Å². The zero-order valence-corrected chi connectivity index (χ0v) is 14.0. The molecule has 2 aromatic carbocycles. The van der Waals surface area contributed by atoms with Crippen molar-refractivity contribution in [2.24, 2.45) is 0 Å². The lowest BCUT2D eigenvalue weighted by molar-refractivity contribution is 0.593. The Morgan fingerprint density at radius 1 is 0.810 bits per heavy atom. The molecule has 112 valence electrons. The third kappa shape index (κ3) is 3.74. The van der Waals surface area contributed by atoms with Gasteiger partial charge in [-0.05, 0) is 62.9 Å². The van der Waals surface area contributed by atoms with Crippen LogP contribution >= 0.6 is 0 Å². The number of hydrogen-bond donors (Lipinski definition) is 1. The van der Waals surface area contributed by atoms with Gasteiger partial charge in [0.25, 0.3) is 0 Å². The van der Waals surface area contributed by atoms with Gasteiger partial charge in [0.2, 0.25) is 0 Å². The molecule has 1 N–H and O–H groups in total. The van der Waals surface area contributed by atoms with Gasteiger partial charge in [-0.3, -0.25) is 0 Å². The molecule has 0 saturated carbocycles. The number of rotatable bonds is 5. The molecule has 0 saturated heterocycles. The molecule has 0 radical (unpaired) electrons. The van der Waals surface area contributed by atoms with Gasteiger partial charge in [0.15, 0.2) is 0 Å². The summed E-state index contributed by atoms with van der Waals surface area (Å²) in [6, 6.07) is 13.8. The van der Waals surface area contributed by atoms with E-state index in [9.17, 15) is 0 Å². The molecule has 0 fully saturated rings. The summed E-state index contributed by atoms with van der Waals surface area (Å²) < 4.78 is 0. The van der Waals surface area contributed by atoms with Crippen LogP contribution in [-0.2, 0) is 0 Å². The smallest absolute Gasteiger partial charge is 0.0582 e. The van der Waals surface area contributed by atoms with Crippen LogP contribution in [0.5, 0.6) is 0 Å². The molecule has 1 atom stereocenters. The molecule has 1 unspecified atom stereocenters. The molecule has 0 spiro atoms. The first kappa shape index (κ1) is 15.8. The van der Waals surface area contributed by atoms with Crippen molar-refractivity contribution in [2.45, 2.75) is 47.1 Å². The number of nitrogens with one attached hydrogen (secondary N) is 1. The highest BCUT2D eigenvalue weighted by molar-refractivity contribution is 5.43. The van der Waals surface area contributed by atoms with Gasteiger partial charge in [-0.15, -0.1) is 0 Å². The third-order valence-corrected chi connectivity index (χ3v) is 4.08. The van der Waals surface area contributed by atoms with Gasteiger partial charge in [0.05, 0.1) is 6.04 Å². The molecule has 0 aromatic heterocycles. The van der Waals surface area contributed by atoms with Crippen LogP contribution in [0.25, 0.3) is 0 Å². The summed E-state index contributed by atoms with van der Waals surface area (Å²) >= 11 is 0. The maximum atomic E-state index is 3.73. The fourth-order valence-electron chi connectivity index (χ4n) is 2.90. The van der Waals surface area contributed by atoms with Crippen LogP contribution in [0, 0.1) is 27.7 Å². The summed E-state index contributed by atoms with van der Waals surface area (Å²) in [6.07, 6.45) is 1.15. The summed E-state index contributed by atoms with van der Waals surface area (Å²) in [7, 11) is 0. The van der Waals surface area contributed by atoms with Crippen LogP contribution in [0.2, 0.25) is 0 Å². The third-order valence-electron chi connectivity index (χ3n) is 4.08. The Bertz CT molecular complexity index is 613. The fraction of sp³-hybridized carbons (Fsp3) is 0.400. The lowest BCUT2D eigenvalue weighted by atomic mass is 9.90. The van der Waals surface area contributed by atoms with E-state index in [4.69, 9.17) is 0 Å². The van der Waals surface area contributed by atoms with E-state index >= 15 is 0 Å². The minimum absolute atomic E-state index is 0.283. The first-order valence-corrected chi connectivity index (χ1v) is 7.90. The van der Waals surface area contributed by atoms with Crippen LogP contribution < -0.4 is 5.32 Å². The van der Waals surface area contributed by atoms with Crippen molar-refractivity contribution in [3.05, 3.63) is 69.8 Å². The van der Waals surface area contributed by atoms with Crippen molar-refractivity contribution in [3.63, 3.8) is 0 Å². The number of aryl methyl sites for hydroxylation is 4. The standard InChI is InChI=1S/C20H27N/c1-6-11-21-20(18-10-8-14(2)12-17(18)5)19-13-15(3)7-9-16(19)4/h7-10,12-13,20-21H,6,11H2,1-5H3. The molecule has 21 heavy (non-hydrogen) atoms. The van der Waals surface area contributed by atoms with Gasteiger partial charge in [-0.2, -0.15) is 0 Å². The molecule has 1 nitrogen and oxygen atoms in total. The first-order chi connectivity index (χ1) is 10.0. The van der Waals surface area contributed by atoms with E-state index < -0.39 is 0 Å². The van der Waals surface area contributed by atoms with Gasteiger partial charge < -0.3 is 5.32 Å². The second-order valence-corrected chi connectivity index (χ2v) is 6.11. The van der Waals surface area contributed by atoms with E-state index in [1.54, 1.807) is 0 Å². The zero-order valence-electron chi connectivity index (χ0n) is 14.0. The van der Waals surface area contributed by atoms with Crippen molar-refractivity contribution in [1.29, 1.82) is 0 Å². The summed E-state index contributed by atoms with van der Waals surface area (Å²) in [5.41, 5.74) is 8.16. The van der Waals surface area contributed by atoms with E-state index in [1.165, 1.54) is 33.4 Å². The largest absolute Gasteiger partial charge is 0.306 e. The minimum Gasteiger partial charge on any atom is -0.306 e. The van der Waals surface area contributed by atoms with Gasteiger partial charge in [0.1, 0.15) is 0 Å². The first-order valence-electron chi connectivity index (χ1n) is 7.90. The Morgan fingerprint density at radius 2 is 1.48 bits per heavy atom. The van der Waals surface area contributed by atoms with E-state index in [0.29, 0.717) is 0 Å². The number of hydrogen-bond acceptors (Lipinski definition) is 1. The Balaban J connectivity index is 2.49. The molecular formula is C20H27N. The van der Waals surface area contributed by atoms with Gasteiger partial charge in [0, 0.05) is 0 Å². The normalized spacial score (nSPS) is 12.4. The molecule has 2 aromatic rings. The average molecular weight is 281 g/mol. The van der Waals surface area contributed by atoms with Crippen molar-refractivity contribution in [2.75, 3.05) is 6.54 Å². The van der Waals surface area contributed by atoms with Crippen LogP contribution in [0.4, 0.5) is 0 Å². The maximum Gasteiger partial charge on any atom is 0.0582 e. The highest BCUT2D eigenvalue weighted by atomic mass is 14.9. The fourth-order valence-corrected chi connectivity index (χ4v) is 2.90. The Kier molecular flexibility index (Phi) is 5.19. The van der Waals surface area contributed by atoms with E-state index in [2.05, 4.69) is 76.3 Å². The second kappa shape index (κ2) is 6.91. The predicted octanol–water partition coefficient (Wildman–Crippen LogP) is 5.01. The summed E-state index contributed by atoms with van der Waals surface area (Å²) in [4.78, 5) is 0. The van der Waals surface area contributed by atoms with Crippen molar-refractivity contribution < 1.29 is 0 Å². The van der Waals surface area contributed by atoms with Gasteiger partial charge in [-0.25, -0.2) is 0 Å². The lowest BCUT2D eigenvalue weighted by Gasteiger charge is -2.24. The molecule has 1 heteroatoms. The highest BCUT2D eigenvalue weighted by Crippen LogP contribution is 2.28. The van der Waals surface area contributed by atoms with Crippen LogP contribution in [0.1, 0.15) is 52.8 Å². The lowest BCUT2D eigenvalue weighted by Crippen LogP contribution is -2.24. The minimum atomic E-state index is 0.283. The molecular weight excluding hydrogens is 254 g/mol. The van der Waals surface area contributed by atoms with Gasteiger partial charge >= 0.3 is 0 Å². The van der Waals surface area contributed by atoms with Crippen LogP contribution in [0.15, 0.2) is 36.4 Å². The zero-order chi connectivity index (χ0) is 15.4. The summed E-state index contributed by atoms with van der Waals surface area (Å²) in [5, 5.41) is 3.73. The molecule has 0 aliphatic carbocycles. The highest BCUT2D eigenvalue weighted by Gasteiger charge is 2.17. The Morgan fingerprint density at radius 3 is 2.14 bits per heavy atom. The number of benzene rings is 2. The van der Waals surface area contributed by atoms with E-state index in [0.717, 1.165) is 13.0 Å². The quantitative estimate of drug-likeness (QED) is 0.812. The van der Waals surface area contributed by atoms with Crippen LogP contribution in [0.3, 0.4) is 0 Å². The van der Waals surface area contributed by atoms with Crippen molar-refractivity contribution in [3.8, 4) is 0 Å². The maximum absolute atomic E-state index is 3.73. The molecule has 0 heterocycles. The Labute approximate surface area is 129 Å². The van der Waals surface area contributed by atoms with E-state index in [1.807, 2.05) is 0 Å². The van der Waals surface area contributed by atoms with Gasteiger partial charge in [-0.1, -0.05) is 54.4 Å².